The van der Waals surface area contributed by atoms with Crippen LogP contribution in [0.1, 0.15) is 16.7 Å². The maximum Gasteiger partial charge on any atom is 0.201 e. The van der Waals surface area contributed by atoms with Crippen LogP contribution in [0.25, 0.3) is 54.6 Å². The Labute approximate surface area is 209 Å². The van der Waals surface area contributed by atoms with E-state index in [2.05, 4.69) is 67.6 Å². The molecule has 0 aliphatic heterocycles. The minimum atomic E-state index is -0.491. The van der Waals surface area contributed by atoms with E-state index in [1.807, 2.05) is 31.2 Å². The highest BCUT2D eigenvalue weighted by molar-refractivity contribution is 6.24. The van der Waals surface area contributed by atoms with E-state index in [0.29, 0.717) is 11.1 Å². The van der Waals surface area contributed by atoms with Crippen molar-refractivity contribution >= 4 is 32.3 Å². The van der Waals surface area contributed by atoms with Gasteiger partial charge < -0.3 is 15.3 Å². The lowest BCUT2D eigenvalue weighted by atomic mass is 9.82. The minimum absolute atomic E-state index is 0.287. The van der Waals surface area contributed by atoms with Crippen molar-refractivity contribution in [1.29, 1.82) is 0 Å². The van der Waals surface area contributed by atoms with Gasteiger partial charge in [-0.05, 0) is 80.9 Å². The van der Waals surface area contributed by atoms with Gasteiger partial charge in [-0.1, -0.05) is 84.9 Å². The van der Waals surface area contributed by atoms with E-state index in [9.17, 15) is 15.3 Å². The van der Waals surface area contributed by atoms with Crippen molar-refractivity contribution in [2.75, 3.05) is 0 Å². The molecule has 0 radical (unpaired) electrons. The van der Waals surface area contributed by atoms with Gasteiger partial charge in [0, 0.05) is 11.1 Å². The number of aromatic hydroxyl groups is 3. The van der Waals surface area contributed by atoms with Crippen molar-refractivity contribution in [3.63, 3.8) is 0 Å². The molecule has 0 saturated carbocycles. The average Bonchev–Trinajstić information content (AvgIpc) is 2.90. The number of hydrogen-bond acceptors (Lipinski definition) is 3. The lowest BCUT2D eigenvalue weighted by Gasteiger charge is -2.21. The average molecular weight is 471 g/mol. The number of benzene rings is 6. The molecule has 0 fully saturated rings. The predicted octanol–water partition coefficient (Wildman–Crippen LogP) is 8.52. The number of phenols is 3. The summed E-state index contributed by atoms with van der Waals surface area (Å²) >= 11 is 0. The van der Waals surface area contributed by atoms with Gasteiger partial charge in [-0.3, -0.25) is 0 Å². The number of hydrogen-bond donors (Lipinski definition) is 3. The fraction of sp³-hybridized carbons (Fsp3) is 0.0909. The van der Waals surface area contributed by atoms with Gasteiger partial charge >= 0.3 is 0 Å². The number of fused-ring (bicyclic) bond motifs is 3. The molecule has 0 heterocycles. The van der Waals surface area contributed by atoms with E-state index >= 15 is 0 Å². The Morgan fingerprint density at radius 3 is 1.50 bits per heavy atom. The molecule has 0 aliphatic carbocycles. The van der Waals surface area contributed by atoms with Gasteiger partial charge in [0.15, 0.2) is 11.5 Å². The highest BCUT2D eigenvalue weighted by Gasteiger charge is 2.25. The van der Waals surface area contributed by atoms with E-state index in [0.717, 1.165) is 43.8 Å². The fourth-order valence-electron chi connectivity index (χ4n) is 5.63. The number of phenolic OH excluding ortho intramolecular Hbond substituents is 3. The van der Waals surface area contributed by atoms with Crippen LogP contribution >= 0.6 is 0 Å². The third kappa shape index (κ3) is 2.99. The Balaban J connectivity index is 1.86. The third-order valence-corrected chi connectivity index (χ3v) is 7.57. The summed E-state index contributed by atoms with van der Waals surface area (Å²) in [6.45, 7) is 5.76. The van der Waals surface area contributed by atoms with Crippen LogP contribution in [0.2, 0.25) is 0 Å². The molecule has 0 saturated heterocycles. The van der Waals surface area contributed by atoms with Gasteiger partial charge in [0.1, 0.15) is 0 Å². The van der Waals surface area contributed by atoms with Gasteiger partial charge in [-0.25, -0.2) is 0 Å². The molecular weight excluding hydrogens is 444 g/mol. The van der Waals surface area contributed by atoms with Gasteiger partial charge in [0.25, 0.3) is 0 Å². The van der Waals surface area contributed by atoms with Crippen molar-refractivity contribution in [3.8, 4) is 39.5 Å². The quantitative estimate of drug-likeness (QED) is 0.176. The first-order valence-corrected chi connectivity index (χ1v) is 12.1. The summed E-state index contributed by atoms with van der Waals surface area (Å²) < 4.78 is 0. The summed E-state index contributed by atoms with van der Waals surface area (Å²) in [6.07, 6.45) is 0. The van der Waals surface area contributed by atoms with Crippen LogP contribution in [0.4, 0.5) is 0 Å². The lowest BCUT2D eigenvalue weighted by molar-refractivity contribution is 0.366. The largest absolute Gasteiger partial charge is 0.504 e. The zero-order valence-corrected chi connectivity index (χ0v) is 20.4. The van der Waals surface area contributed by atoms with Crippen molar-refractivity contribution in [1.82, 2.24) is 0 Å². The Kier molecular flexibility index (Phi) is 4.90. The first-order chi connectivity index (χ1) is 17.4. The second-order valence-electron chi connectivity index (χ2n) is 9.49. The van der Waals surface area contributed by atoms with Crippen molar-refractivity contribution in [2.45, 2.75) is 20.8 Å². The van der Waals surface area contributed by atoms with Crippen LogP contribution in [0.3, 0.4) is 0 Å². The smallest absolute Gasteiger partial charge is 0.201 e. The third-order valence-electron chi connectivity index (χ3n) is 7.57. The number of aryl methyl sites for hydroxylation is 1. The summed E-state index contributed by atoms with van der Waals surface area (Å²) in [5.41, 5.74) is 6.17. The SMILES string of the molecule is Cc1c(C)c(-c2c3ccccc3c(-c3cccc4c(C)cccc34)c3ccccc23)c(O)c(O)c1O. The molecule has 6 rings (SSSR count). The fourth-order valence-corrected chi connectivity index (χ4v) is 5.63. The zero-order chi connectivity index (χ0) is 25.1. The van der Waals surface area contributed by atoms with E-state index in [4.69, 9.17) is 0 Å². The van der Waals surface area contributed by atoms with Crippen molar-refractivity contribution in [3.05, 3.63) is 102 Å². The van der Waals surface area contributed by atoms with Gasteiger partial charge in [-0.15, -0.1) is 0 Å². The summed E-state index contributed by atoms with van der Waals surface area (Å²) in [7, 11) is 0. The molecular formula is C33H26O3. The second-order valence-corrected chi connectivity index (χ2v) is 9.49. The lowest BCUT2D eigenvalue weighted by Crippen LogP contribution is -1.95. The topological polar surface area (TPSA) is 60.7 Å². The van der Waals surface area contributed by atoms with Crippen LogP contribution in [0.5, 0.6) is 17.2 Å². The molecule has 6 aromatic carbocycles. The molecule has 3 nitrogen and oxygen atoms in total. The monoisotopic (exact) mass is 470 g/mol. The summed E-state index contributed by atoms with van der Waals surface area (Å²) in [6, 6.07) is 29.3. The molecule has 0 atom stereocenters. The maximum absolute atomic E-state index is 11.1. The molecule has 176 valence electrons. The first kappa shape index (κ1) is 22.0. The zero-order valence-electron chi connectivity index (χ0n) is 20.4. The van der Waals surface area contributed by atoms with E-state index < -0.39 is 5.75 Å². The van der Waals surface area contributed by atoms with Crippen LogP contribution in [0, 0.1) is 20.8 Å². The highest BCUT2D eigenvalue weighted by atomic mass is 16.3. The van der Waals surface area contributed by atoms with Crippen molar-refractivity contribution in [2.24, 2.45) is 0 Å². The van der Waals surface area contributed by atoms with E-state index in [-0.39, 0.29) is 11.5 Å². The Morgan fingerprint density at radius 1 is 0.389 bits per heavy atom. The van der Waals surface area contributed by atoms with E-state index in [1.165, 1.54) is 16.3 Å². The second kappa shape index (κ2) is 8.03. The van der Waals surface area contributed by atoms with Crippen LogP contribution in [-0.2, 0) is 0 Å². The van der Waals surface area contributed by atoms with Crippen LogP contribution in [0.15, 0.2) is 84.9 Å². The van der Waals surface area contributed by atoms with Gasteiger partial charge in [-0.2, -0.15) is 0 Å². The van der Waals surface area contributed by atoms with Gasteiger partial charge in [0.05, 0.1) is 0 Å². The summed E-state index contributed by atoms with van der Waals surface area (Å²) in [4.78, 5) is 0. The predicted molar refractivity (Wildman–Crippen MR) is 149 cm³/mol. The molecule has 0 aliphatic rings. The van der Waals surface area contributed by atoms with Crippen LogP contribution < -0.4 is 0 Å². The normalized spacial score (nSPS) is 11.5. The maximum atomic E-state index is 11.1. The summed E-state index contributed by atoms with van der Waals surface area (Å²) in [5, 5.41) is 38.5. The molecule has 0 amide bonds. The van der Waals surface area contributed by atoms with E-state index in [1.54, 1.807) is 6.92 Å². The Morgan fingerprint density at radius 2 is 0.889 bits per heavy atom. The molecule has 0 aromatic heterocycles. The summed E-state index contributed by atoms with van der Waals surface area (Å²) in [5.74, 6) is -1.08. The minimum Gasteiger partial charge on any atom is -0.504 e. The van der Waals surface area contributed by atoms with Gasteiger partial charge in [0.2, 0.25) is 5.75 Å². The van der Waals surface area contributed by atoms with Crippen LogP contribution in [-0.4, -0.2) is 15.3 Å². The molecule has 36 heavy (non-hydrogen) atoms. The Hall–Kier alpha value is -4.50. The molecule has 3 N–H and O–H groups in total. The number of rotatable bonds is 2. The molecule has 3 heteroatoms. The molecule has 6 aromatic rings. The first-order valence-electron chi connectivity index (χ1n) is 12.1. The Bertz CT molecular complexity index is 1760. The highest BCUT2D eigenvalue weighted by Crippen LogP contribution is 2.52. The van der Waals surface area contributed by atoms with Crippen molar-refractivity contribution < 1.29 is 15.3 Å². The standard InChI is InChI=1S/C33H26O3/c1-18-10-8-16-22-21(18)15-9-17-23(22)29-24-11-4-6-13-26(24)30(27-14-7-5-12-25(27)29)28-19(2)20(3)31(34)33(36)32(28)35/h4-17,34-36H,1-3H3. The molecule has 0 bridgehead atoms. The molecule has 0 spiro atoms. The molecule has 0 unspecified atom stereocenters.